The van der Waals surface area contributed by atoms with Crippen LogP contribution in [0.3, 0.4) is 0 Å². The van der Waals surface area contributed by atoms with Gasteiger partial charge in [0.05, 0.1) is 4.90 Å². The molecule has 0 aliphatic rings. The summed E-state index contributed by atoms with van der Waals surface area (Å²) in [6, 6.07) is 9.93. The normalized spacial score (nSPS) is 11.5. The van der Waals surface area contributed by atoms with Crippen LogP contribution in [0.2, 0.25) is 0 Å². The molecule has 1 aromatic heterocycles. The Balaban J connectivity index is 2.01. The molecule has 0 unspecified atom stereocenters. The quantitative estimate of drug-likeness (QED) is 0.813. The van der Waals surface area contributed by atoms with Gasteiger partial charge >= 0.3 is 0 Å². The van der Waals surface area contributed by atoms with Gasteiger partial charge in [0.1, 0.15) is 5.82 Å². The lowest BCUT2D eigenvalue weighted by molar-refractivity contribution is 0.600. The Morgan fingerprint density at radius 3 is 2.17 bits per heavy atom. The van der Waals surface area contributed by atoms with Gasteiger partial charge in [-0.15, -0.1) is 10.2 Å². The molecule has 0 fully saturated rings. The Kier molecular flexibility index (Phi) is 5.54. The molecule has 0 saturated heterocycles. The first-order chi connectivity index (χ1) is 10.9. The second-order valence-electron chi connectivity index (χ2n) is 5.83. The summed E-state index contributed by atoms with van der Waals surface area (Å²) in [5.41, 5.74) is 1.00. The molecule has 2 N–H and O–H groups in total. The van der Waals surface area contributed by atoms with Crippen molar-refractivity contribution in [3.8, 4) is 0 Å². The van der Waals surface area contributed by atoms with Crippen molar-refractivity contribution in [3.63, 3.8) is 0 Å². The van der Waals surface area contributed by atoms with Crippen molar-refractivity contribution in [2.75, 3.05) is 16.6 Å². The molecule has 124 valence electrons. The number of nitrogens with one attached hydrogen (secondary N) is 2. The Labute approximate surface area is 137 Å². The van der Waals surface area contributed by atoms with Crippen molar-refractivity contribution in [2.24, 2.45) is 5.92 Å². The minimum Gasteiger partial charge on any atom is -0.369 e. The average Bonchev–Trinajstić information content (AvgIpc) is 2.49. The first-order valence-corrected chi connectivity index (χ1v) is 9.02. The zero-order chi connectivity index (χ0) is 16.9. The van der Waals surface area contributed by atoms with Crippen LogP contribution < -0.4 is 10.0 Å². The maximum Gasteiger partial charge on any atom is 0.263 e. The third-order valence-electron chi connectivity index (χ3n) is 3.26. The second-order valence-corrected chi connectivity index (χ2v) is 7.51. The van der Waals surface area contributed by atoms with E-state index in [1.807, 2.05) is 6.92 Å². The van der Waals surface area contributed by atoms with Crippen LogP contribution in [0.4, 0.5) is 11.6 Å². The molecule has 0 atom stereocenters. The number of nitrogens with zero attached hydrogens (tertiary/aromatic N) is 2. The van der Waals surface area contributed by atoms with Crippen LogP contribution in [-0.2, 0) is 10.0 Å². The number of hydrogen-bond donors (Lipinski definition) is 2. The lowest BCUT2D eigenvalue weighted by Crippen LogP contribution is -2.14. The van der Waals surface area contributed by atoms with E-state index in [0.717, 1.165) is 18.5 Å². The monoisotopic (exact) mass is 334 g/mol. The predicted molar refractivity (Wildman–Crippen MR) is 92.0 cm³/mol. The van der Waals surface area contributed by atoms with E-state index in [9.17, 15) is 8.42 Å². The second kappa shape index (κ2) is 7.41. The lowest BCUT2D eigenvalue weighted by Gasteiger charge is -2.09. The first-order valence-electron chi connectivity index (χ1n) is 7.54. The summed E-state index contributed by atoms with van der Waals surface area (Å²) in [6.45, 7) is 7.01. The van der Waals surface area contributed by atoms with Crippen molar-refractivity contribution >= 4 is 21.7 Å². The molecule has 0 bridgehead atoms. The fourth-order valence-corrected chi connectivity index (χ4v) is 2.88. The molecule has 1 aromatic carbocycles. The SMILES string of the molecule is Cc1ccc(S(=O)(=O)Nc2ccc(NCCC(C)C)nn2)cc1. The topological polar surface area (TPSA) is 84.0 Å². The molecule has 0 amide bonds. The molecule has 0 saturated carbocycles. The van der Waals surface area contributed by atoms with Crippen LogP contribution in [0.15, 0.2) is 41.3 Å². The minimum atomic E-state index is -3.64. The highest BCUT2D eigenvalue weighted by Gasteiger charge is 2.14. The number of aromatic nitrogens is 2. The van der Waals surface area contributed by atoms with Gasteiger partial charge in [0.15, 0.2) is 5.82 Å². The summed E-state index contributed by atoms with van der Waals surface area (Å²) in [5.74, 6) is 1.43. The van der Waals surface area contributed by atoms with Crippen molar-refractivity contribution in [3.05, 3.63) is 42.0 Å². The highest BCUT2D eigenvalue weighted by molar-refractivity contribution is 7.92. The number of benzene rings is 1. The van der Waals surface area contributed by atoms with Gasteiger partial charge in [0, 0.05) is 6.54 Å². The number of hydrogen-bond acceptors (Lipinski definition) is 5. The Hall–Kier alpha value is -2.15. The van der Waals surface area contributed by atoms with Crippen LogP contribution >= 0.6 is 0 Å². The van der Waals surface area contributed by atoms with Crippen LogP contribution in [-0.4, -0.2) is 25.2 Å². The number of anilines is 2. The zero-order valence-corrected chi connectivity index (χ0v) is 14.4. The van der Waals surface area contributed by atoms with Gasteiger partial charge < -0.3 is 5.32 Å². The van der Waals surface area contributed by atoms with E-state index in [-0.39, 0.29) is 10.7 Å². The van der Waals surface area contributed by atoms with Crippen molar-refractivity contribution in [1.82, 2.24) is 10.2 Å². The largest absolute Gasteiger partial charge is 0.369 e. The predicted octanol–water partition coefficient (Wildman–Crippen LogP) is 3.04. The maximum absolute atomic E-state index is 12.3. The van der Waals surface area contributed by atoms with Gasteiger partial charge in [-0.1, -0.05) is 31.5 Å². The smallest absolute Gasteiger partial charge is 0.263 e. The highest BCUT2D eigenvalue weighted by atomic mass is 32.2. The molecule has 2 rings (SSSR count). The van der Waals surface area contributed by atoms with E-state index < -0.39 is 10.0 Å². The summed E-state index contributed by atoms with van der Waals surface area (Å²) in [4.78, 5) is 0.198. The Bertz CT molecular complexity index is 726. The molecule has 0 spiro atoms. The summed E-state index contributed by atoms with van der Waals surface area (Å²) < 4.78 is 26.9. The summed E-state index contributed by atoms with van der Waals surface area (Å²) in [7, 11) is -3.64. The van der Waals surface area contributed by atoms with Gasteiger partial charge in [-0.2, -0.15) is 0 Å². The van der Waals surface area contributed by atoms with E-state index >= 15 is 0 Å². The summed E-state index contributed by atoms with van der Waals surface area (Å²) in [5, 5.41) is 11.0. The van der Waals surface area contributed by atoms with Gasteiger partial charge in [0.25, 0.3) is 10.0 Å². The third kappa shape index (κ3) is 5.21. The van der Waals surface area contributed by atoms with Crippen LogP contribution in [0.1, 0.15) is 25.8 Å². The maximum atomic E-state index is 12.3. The molecule has 0 aliphatic carbocycles. The Morgan fingerprint density at radius 2 is 1.61 bits per heavy atom. The molecule has 6 nitrogen and oxygen atoms in total. The Morgan fingerprint density at radius 1 is 1.00 bits per heavy atom. The third-order valence-corrected chi connectivity index (χ3v) is 4.63. The number of rotatable bonds is 7. The van der Waals surface area contributed by atoms with Crippen LogP contribution in [0.25, 0.3) is 0 Å². The fraction of sp³-hybridized carbons (Fsp3) is 0.375. The number of sulfonamides is 1. The van der Waals surface area contributed by atoms with E-state index in [0.29, 0.717) is 11.7 Å². The van der Waals surface area contributed by atoms with Crippen LogP contribution in [0.5, 0.6) is 0 Å². The summed E-state index contributed by atoms with van der Waals surface area (Å²) >= 11 is 0. The molecule has 1 heterocycles. The van der Waals surface area contributed by atoms with E-state index in [1.165, 1.54) is 0 Å². The molecule has 2 aromatic rings. The van der Waals surface area contributed by atoms with E-state index in [4.69, 9.17) is 0 Å². The van der Waals surface area contributed by atoms with Gasteiger partial charge in [-0.25, -0.2) is 8.42 Å². The lowest BCUT2D eigenvalue weighted by atomic mass is 10.1. The molecule has 0 aliphatic heterocycles. The molecule has 23 heavy (non-hydrogen) atoms. The van der Waals surface area contributed by atoms with Crippen molar-refractivity contribution < 1.29 is 8.42 Å². The highest BCUT2D eigenvalue weighted by Crippen LogP contribution is 2.15. The fourth-order valence-electron chi connectivity index (χ4n) is 1.88. The molecular weight excluding hydrogens is 312 g/mol. The minimum absolute atomic E-state index is 0.194. The molecule has 0 radical (unpaired) electrons. The number of aryl methyl sites for hydroxylation is 1. The van der Waals surface area contributed by atoms with Gasteiger partial charge in [0.2, 0.25) is 0 Å². The van der Waals surface area contributed by atoms with E-state index in [2.05, 4.69) is 34.1 Å². The average molecular weight is 334 g/mol. The molecule has 7 heteroatoms. The van der Waals surface area contributed by atoms with Crippen LogP contribution in [0, 0.1) is 12.8 Å². The standard InChI is InChI=1S/C16H22N4O2S/c1-12(2)10-11-17-15-8-9-16(19-18-15)20-23(21,22)14-6-4-13(3)5-7-14/h4-9,12H,10-11H2,1-3H3,(H,17,18)(H,19,20). The van der Waals surface area contributed by atoms with E-state index in [1.54, 1.807) is 36.4 Å². The van der Waals surface area contributed by atoms with Gasteiger partial charge in [-0.3, -0.25) is 4.72 Å². The first kappa shape index (κ1) is 17.2. The summed E-state index contributed by atoms with van der Waals surface area (Å²) in [6.07, 6.45) is 1.03. The molecular formula is C16H22N4O2S. The van der Waals surface area contributed by atoms with Crippen molar-refractivity contribution in [2.45, 2.75) is 32.1 Å². The van der Waals surface area contributed by atoms with Gasteiger partial charge in [-0.05, 0) is 43.5 Å². The van der Waals surface area contributed by atoms with Crippen molar-refractivity contribution in [1.29, 1.82) is 0 Å². The zero-order valence-electron chi connectivity index (χ0n) is 13.6.